The van der Waals surface area contributed by atoms with Crippen LogP contribution in [0.4, 0.5) is 0 Å². The van der Waals surface area contributed by atoms with Crippen LogP contribution in [-0.4, -0.2) is 74.8 Å². The van der Waals surface area contributed by atoms with Gasteiger partial charge in [-0.25, -0.2) is 0 Å². The Morgan fingerprint density at radius 3 is 2.45 bits per heavy atom. The van der Waals surface area contributed by atoms with E-state index in [0.717, 1.165) is 63.7 Å². The number of ether oxygens (including phenoxy) is 1. The molecule has 1 aromatic carbocycles. The molecule has 2 heterocycles. The van der Waals surface area contributed by atoms with Gasteiger partial charge >= 0.3 is 0 Å². The number of aliphatic imine (C=N–C) groups is 1. The number of rotatable bonds is 4. The first-order valence-corrected chi connectivity index (χ1v) is 11.2. The number of halogens is 1. The van der Waals surface area contributed by atoms with E-state index in [1.165, 1.54) is 37.7 Å². The van der Waals surface area contributed by atoms with Gasteiger partial charge in [0.1, 0.15) is 0 Å². The molecule has 1 unspecified atom stereocenters. The van der Waals surface area contributed by atoms with E-state index in [0.29, 0.717) is 6.04 Å². The number of hydrogen-bond donors (Lipinski definition) is 1. The topological polar surface area (TPSA) is 40.1 Å². The lowest BCUT2D eigenvalue weighted by Gasteiger charge is -2.33. The molecular formula is C23H37IN4O. The highest BCUT2D eigenvalue weighted by Gasteiger charge is 2.30. The summed E-state index contributed by atoms with van der Waals surface area (Å²) in [5, 5.41) is 3.69. The largest absolute Gasteiger partial charge is 0.379 e. The van der Waals surface area contributed by atoms with Crippen molar-refractivity contribution >= 4 is 29.9 Å². The molecule has 1 aliphatic carbocycles. The molecule has 0 radical (unpaired) electrons. The Morgan fingerprint density at radius 1 is 1.03 bits per heavy atom. The van der Waals surface area contributed by atoms with E-state index in [1.807, 2.05) is 7.05 Å². The SMILES string of the molecule is CN=C(NCC1CCC(c2ccccc2)CC1)N1CCC(N2CCOCC2)C1.I. The van der Waals surface area contributed by atoms with Crippen LogP contribution in [-0.2, 0) is 4.74 Å². The smallest absolute Gasteiger partial charge is 0.193 e. The molecule has 3 aliphatic rings. The molecule has 162 valence electrons. The first-order chi connectivity index (χ1) is 13.8. The van der Waals surface area contributed by atoms with E-state index >= 15 is 0 Å². The molecule has 1 N–H and O–H groups in total. The molecule has 0 spiro atoms. The van der Waals surface area contributed by atoms with Crippen molar-refractivity contribution in [3.05, 3.63) is 35.9 Å². The summed E-state index contributed by atoms with van der Waals surface area (Å²) in [5.41, 5.74) is 1.52. The Labute approximate surface area is 193 Å². The first kappa shape index (κ1) is 22.8. The van der Waals surface area contributed by atoms with Gasteiger partial charge in [0, 0.05) is 45.8 Å². The number of hydrogen-bond acceptors (Lipinski definition) is 3. The molecule has 2 saturated heterocycles. The predicted octanol–water partition coefficient (Wildman–Crippen LogP) is 3.56. The fraction of sp³-hybridized carbons (Fsp3) is 0.696. The maximum absolute atomic E-state index is 5.50. The van der Waals surface area contributed by atoms with Crippen LogP contribution in [0.3, 0.4) is 0 Å². The second kappa shape index (κ2) is 11.5. The molecule has 3 fully saturated rings. The molecule has 1 atom stereocenters. The quantitative estimate of drug-likeness (QED) is 0.381. The number of benzene rings is 1. The lowest BCUT2D eigenvalue weighted by atomic mass is 9.79. The van der Waals surface area contributed by atoms with Gasteiger partial charge in [0.2, 0.25) is 0 Å². The van der Waals surface area contributed by atoms with Gasteiger partial charge in [-0.15, -0.1) is 24.0 Å². The zero-order chi connectivity index (χ0) is 19.2. The summed E-state index contributed by atoms with van der Waals surface area (Å²) in [6.45, 7) is 7.20. The maximum atomic E-state index is 5.50. The first-order valence-electron chi connectivity index (χ1n) is 11.2. The van der Waals surface area contributed by atoms with Crippen LogP contribution in [0.15, 0.2) is 35.3 Å². The van der Waals surface area contributed by atoms with Crippen LogP contribution >= 0.6 is 24.0 Å². The van der Waals surface area contributed by atoms with Gasteiger partial charge in [0.25, 0.3) is 0 Å². The molecule has 4 rings (SSSR count). The van der Waals surface area contributed by atoms with Gasteiger partial charge in [0.15, 0.2) is 5.96 Å². The van der Waals surface area contributed by atoms with Crippen molar-refractivity contribution in [2.75, 3.05) is 53.0 Å². The third-order valence-electron chi connectivity index (χ3n) is 6.90. The third kappa shape index (κ3) is 6.07. The van der Waals surface area contributed by atoms with Crippen LogP contribution < -0.4 is 5.32 Å². The Hall–Kier alpha value is -0.860. The average molecular weight is 512 g/mol. The van der Waals surface area contributed by atoms with Crippen LogP contribution in [0.25, 0.3) is 0 Å². The minimum Gasteiger partial charge on any atom is -0.379 e. The Bertz CT molecular complexity index is 627. The lowest BCUT2D eigenvalue weighted by Crippen LogP contribution is -2.47. The molecule has 2 aliphatic heterocycles. The number of morpholine rings is 1. The van der Waals surface area contributed by atoms with Crippen molar-refractivity contribution in [1.82, 2.24) is 15.1 Å². The Morgan fingerprint density at radius 2 is 1.76 bits per heavy atom. The molecule has 0 bridgehead atoms. The monoisotopic (exact) mass is 512 g/mol. The second-order valence-electron chi connectivity index (χ2n) is 8.59. The summed E-state index contributed by atoms with van der Waals surface area (Å²) >= 11 is 0. The van der Waals surface area contributed by atoms with Gasteiger partial charge in [-0.3, -0.25) is 9.89 Å². The highest BCUT2D eigenvalue weighted by molar-refractivity contribution is 14.0. The van der Waals surface area contributed by atoms with E-state index < -0.39 is 0 Å². The zero-order valence-corrected chi connectivity index (χ0v) is 20.1. The standard InChI is InChI=1S/C23H36N4O.HI/c1-24-23(27-12-11-22(18-27)26-13-15-28-16-14-26)25-17-19-7-9-21(10-8-19)20-5-3-2-4-6-20;/h2-6,19,21-22H,7-18H2,1H3,(H,24,25);1H. The molecule has 0 aromatic heterocycles. The average Bonchev–Trinajstić information content (AvgIpc) is 3.26. The Kier molecular flexibility index (Phi) is 9.06. The Balaban J connectivity index is 0.00000240. The summed E-state index contributed by atoms with van der Waals surface area (Å²) in [4.78, 5) is 9.64. The van der Waals surface area contributed by atoms with Gasteiger partial charge in [-0.05, 0) is 49.5 Å². The summed E-state index contributed by atoms with van der Waals surface area (Å²) in [5.74, 6) is 2.62. The molecule has 1 saturated carbocycles. The summed E-state index contributed by atoms with van der Waals surface area (Å²) in [6.07, 6.45) is 6.51. The second-order valence-corrected chi connectivity index (χ2v) is 8.59. The van der Waals surface area contributed by atoms with E-state index in [4.69, 9.17) is 4.74 Å². The molecular weight excluding hydrogens is 475 g/mol. The molecule has 5 nitrogen and oxygen atoms in total. The number of nitrogens with one attached hydrogen (secondary N) is 1. The fourth-order valence-corrected chi connectivity index (χ4v) is 5.17. The van der Waals surface area contributed by atoms with E-state index in [1.54, 1.807) is 0 Å². The van der Waals surface area contributed by atoms with Crippen LogP contribution in [0.1, 0.15) is 43.6 Å². The number of likely N-dealkylation sites (tertiary alicyclic amines) is 1. The predicted molar refractivity (Wildman–Crippen MR) is 130 cm³/mol. The van der Waals surface area contributed by atoms with Crippen molar-refractivity contribution in [3.63, 3.8) is 0 Å². The van der Waals surface area contributed by atoms with E-state index in [9.17, 15) is 0 Å². The van der Waals surface area contributed by atoms with Crippen molar-refractivity contribution in [2.24, 2.45) is 10.9 Å². The molecule has 1 aromatic rings. The minimum atomic E-state index is 0. The normalized spacial score (nSPS) is 28.8. The van der Waals surface area contributed by atoms with Gasteiger partial charge in [0.05, 0.1) is 13.2 Å². The zero-order valence-electron chi connectivity index (χ0n) is 17.8. The maximum Gasteiger partial charge on any atom is 0.193 e. The van der Waals surface area contributed by atoms with Gasteiger partial charge in [-0.2, -0.15) is 0 Å². The molecule has 29 heavy (non-hydrogen) atoms. The third-order valence-corrected chi connectivity index (χ3v) is 6.90. The van der Waals surface area contributed by atoms with Crippen LogP contribution in [0.2, 0.25) is 0 Å². The van der Waals surface area contributed by atoms with Crippen LogP contribution in [0.5, 0.6) is 0 Å². The molecule has 6 heteroatoms. The minimum absolute atomic E-state index is 0. The molecule has 0 amide bonds. The number of guanidine groups is 1. The van der Waals surface area contributed by atoms with Gasteiger partial charge < -0.3 is 15.0 Å². The van der Waals surface area contributed by atoms with Gasteiger partial charge in [-0.1, -0.05) is 30.3 Å². The van der Waals surface area contributed by atoms with Crippen LogP contribution in [0, 0.1) is 5.92 Å². The van der Waals surface area contributed by atoms with Crippen molar-refractivity contribution in [3.8, 4) is 0 Å². The number of nitrogens with zero attached hydrogens (tertiary/aromatic N) is 3. The van der Waals surface area contributed by atoms with Crippen molar-refractivity contribution in [2.45, 2.75) is 44.1 Å². The summed E-state index contributed by atoms with van der Waals surface area (Å²) < 4.78 is 5.50. The summed E-state index contributed by atoms with van der Waals surface area (Å²) in [6, 6.07) is 11.7. The highest BCUT2D eigenvalue weighted by atomic mass is 127. The van der Waals surface area contributed by atoms with Crippen molar-refractivity contribution < 1.29 is 4.74 Å². The summed E-state index contributed by atoms with van der Waals surface area (Å²) in [7, 11) is 1.93. The fourth-order valence-electron chi connectivity index (χ4n) is 5.17. The van der Waals surface area contributed by atoms with E-state index in [-0.39, 0.29) is 24.0 Å². The van der Waals surface area contributed by atoms with Crippen molar-refractivity contribution in [1.29, 1.82) is 0 Å². The highest BCUT2D eigenvalue weighted by Crippen LogP contribution is 2.35. The lowest BCUT2D eigenvalue weighted by molar-refractivity contribution is 0.0195. The van der Waals surface area contributed by atoms with E-state index in [2.05, 4.69) is 50.4 Å².